The molecule has 1 unspecified atom stereocenters. The van der Waals surface area contributed by atoms with Crippen LogP contribution in [0.3, 0.4) is 0 Å². The number of methoxy groups -OCH3 is 1. The van der Waals surface area contributed by atoms with E-state index in [1.54, 1.807) is 6.92 Å². The first-order valence-corrected chi connectivity index (χ1v) is 5.37. The monoisotopic (exact) mass is 441 g/mol. The molecule has 2 rings (SSSR count). The van der Waals surface area contributed by atoms with Gasteiger partial charge in [-0.25, -0.2) is 10.1 Å². The van der Waals surface area contributed by atoms with Crippen LogP contribution < -0.4 is 0 Å². The molecule has 0 aliphatic heterocycles. The summed E-state index contributed by atoms with van der Waals surface area (Å²) in [6.07, 6.45) is 2.32. The largest absolute Gasteiger partial charge is 0.351 e. The van der Waals surface area contributed by atoms with Crippen LogP contribution in [0.2, 0.25) is 0 Å². The van der Waals surface area contributed by atoms with E-state index in [9.17, 15) is 4.79 Å². The summed E-state index contributed by atoms with van der Waals surface area (Å²) in [5.74, 6) is -0.349. The predicted molar refractivity (Wildman–Crippen MR) is 53.1 cm³/mol. The molecule has 2 aliphatic rings. The molecule has 1 radical (unpaired) electrons. The molecular formula is C11H18AcO4. The van der Waals surface area contributed by atoms with E-state index < -0.39 is 5.79 Å². The fourth-order valence-electron chi connectivity index (χ4n) is 2.70. The van der Waals surface area contributed by atoms with Crippen molar-refractivity contribution in [2.45, 2.75) is 38.9 Å². The molecule has 0 amide bonds. The SMILES string of the molecule is COC(C)(OO)[C@@H]1CC(=O)[C@@]2(C)C[C@H]2C1.[Ac]. The second-order valence-electron chi connectivity index (χ2n) is 5.19. The van der Waals surface area contributed by atoms with Gasteiger partial charge in [0.25, 0.3) is 0 Å². The van der Waals surface area contributed by atoms with Crippen LogP contribution in [-0.2, 0) is 14.4 Å². The summed E-state index contributed by atoms with van der Waals surface area (Å²) in [4.78, 5) is 16.3. The van der Waals surface area contributed by atoms with Crippen molar-refractivity contribution in [3.8, 4) is 0 Å². The van der Waals surface area contributed by atoms with Gasteiger partial charge in [-0.05, 0) is 25.7 Å². The Morgan fingerprint density at radius 3 is 2.62 bits per heavy atom. The van der Waals surface area contributed by atoms with E-state index in [0.717, 1.165) is 12.8 Å². The molecule has 2 fully saturated rings. The summed E-state index contributed by atoms with van der Waals surface area (Å²) >= 11 is 0. The van der Waals surface area contributed by atoms with Crippen molar-refractivity contribution in [2.24, 2.45) is 17.3 Å². The Hall–Kier alpha value is 0.992. The van der Waals surface area contributed by atoms with E-state index in [2.05, 4.69) is 4.89 Å². The number of rotatable bonds is 3. The first kappa shape index (κ1) is 15.1. The van der Waals surface area contributed by atoms with Gasteiger partial charge in [-0.1, -0.05) is 6.92 Å². The van der Waals surface area contributed by atoms with Crippen molar-refractivity contribution < 1.29 is 63.7 Å². The Kier molecular flexibility index (Phi) is 4.64. The average Bonchev–Trinajstić information content (AvgIpc) is 2.90. The maximum atomic E-state index is 11.9. The van der Waals surface area contributed by atoms with E-state index in [0.29, 0.717) is 12.3 Å². The van der Waals surface area contributed by atoms with Gasteiger partial charge in [-0.3, -0.25) is 4.79 Å². The molecule has 0 heterocycles. The summed E-state index contributed by atoms with van der Waals surface area (Å²) in [5, 5.41) is 8.85. The van der Waals surface area contributed by atoms with Crippen molar-refractivity contribution in [2.75, 3.05) is 7.11 Å². The second-order valence-corrected chi connectivity index (χ2v) is 5.19. The predicted octanol–water partition coefficient (Wildman–Crippen LogP) is 1.84. The minimum Gasteiger partial charge on any atom is -0.351 e. The van der Waals surface area contributed by atoms with Gasteiger partial charge in [0, 0.05) is 68.9 Å². The molecule has 1 N–H and O–H groups in total. The molecule has 4 nitrogen and oxygen atoms in total. The van der Waals surface area contributed by atoms with Gasteiger partial charge in [0.05, 0.1) is 0 Å². The standard InChI is InChI=1S/C11H18O4.Ac/c1-10-6-8(10)4-7(5-9(10)12)11(2,14-3)15-13;/h7-8,13H,4-6H2,1-3H3;/t7-,8+,10-,11?;/m0./s1. The van der Waals surface area contributed by atoms with E-state index in [4.69, 9.17) is 9.99 Å². The van der Waals surface area contributed by atoms with Crippen LogP contribution in [0.1, 0.15) is 33.1 Å². The van der Waals surface area contributed by atoms with Crippen LogP contribution in [0.25, 0.3) is 0 Å². The molecule has 0 aromatic heterocycles. The van der Waals surface area contributed by atoms with Crippen molar-refractivity contribution >= 4 is 5.78 Å². The Morgan fingerprint density at radius 1 is 1.56 bits per heavy atom. The van der Waals surface area contributed by atoms with Crippen molar-refractivity contribution in [3.63, 3.8) is 0 Å². The van der Waals surface area contributed by atoms with Gasteiger partial charge >= 0.3 is 0 Å². The summed E-state index contributed by atoms with van der Waals surface area (Å²) in [6.45, 7) is 3.70. The van der Waals surface area contributed by atoms with E-state index in [1.165, 1.54) is 7.11 Å². The van der Waals surface area contributed by atoms with Crippen LogP contribution in [0, 0.1) is 61.3 Å². The minimum atomic E-state index is -1.04. The van der Waals surface area contributed by atoms with Crippen LogP contribution in [-0.4, -0.2) is 23.9 Å². The van der Waals surface area contributed by atoms with E-state index >= 15 is 0 Å². The summed E-state index contributed by atoms with van der Waals surface area (Å²) in [5.41, 5.74) is -0.0827. The summed E-state index contributed by atoms with van der Waals surface area (Å²) in [6, 6.07) is 0. The zero-order valence-corrected chi connectivity index (χ0v) is 14.8. The fourth-order valence-corrected chi connectivity index (χ4v) is 2.70. The topological polar surface area (TPSA) is 55.8 Å². The Bertz CT molecular complexity index is 290. The Balaban J connectivity index is 0.00000128. The third-order valence-corrected chi connectivity index (χ3v) is 4.38. The first-order chi connectivity index (χ1) is 6.96. The van der Waals surface area contributed by atoms with E-state index in [-0.39, 0.29) is 61.2 Å². The molecular weight excluding hydrogens is 423 g/mol. The molecule has 2 aliphatic carbocycles. The Morgan fingerprint density at radius 2 is 2.19 bits per heavy atom. The van der Waals surface area contributed by atoms with Gasteiger partial charge in [0.2, 0.25) is 5.79 Å². The molecule has 0 aromatic carbocycles. The molecule has 4 atom stereocenters. The van der Waals surface area contributed by atoms with Crippen molar-refractivity contribution in [3.05, 3.63) is 0 Å². The normalized spacial score (nSPS) is 40.6. The zero-order chi connectivity index (χ0) is 11.3. The van der Waals surface area contributed by atoms with Crippen LogP contribution in [0.4, 0.5) is 0 Å². The first-order valence-electron chi connectivity index (χ1n) is 5.37. The number of ketones is 1. The quantitative estimate of drug-likeness (QED) is 0.413. The van der Waals surface area contributed by atoms with Crippen LogP contribution >= 0.6 is 0 Å². The number of fused-ring (bicyclic) bond motifs is 1. The van der Waals surface area contributed by atoms with Crippen LogP contribution in [0.15, 0.2) is 0 Å². The van der Waals surface area contributed by atoms with Gasteiger partial charge in [-0.15, -0.1) is 0 Å². The molecule has 0 aromatic rings. The third-order valence-electron chi connectivity index (χ3n) is 4.38. The molecule has 0 saturated heterocycles. The molecule has 16 heavy (non-hydrogen) atoms. The van der Waals surface area contributed by atoms with Gasteiger partial charge in [0.15, 0.2) is 0 Å². The van der Waals surface area contributed by atoms with Gasteiger partial charge < -0.3 is 4.74 Å². The zero-order valence-electron chi connectivity index (χ0n) is 10.0. The maximum absolute atomic E-state index is 11.9. The molecule has 5 heteroatoms. The summed E-state index contributed by atoms with van der Waals surface area (Å²) in [7, 11) is 1.49. The summed E-state index contributed by atoms with van der Waals surface area (Å²) < 4.78 is 5.15. The average molecular weight is 441 g/mol. The number of ether oxygens (including phenoxy) is 1. The number of carbonyl (C=O) groups excluding carboxylic acids is 1. The number of hydrogen-bond donors (Lipinski definition) is 1. The number of carbonyl (C=O) groups is 1. The van der Waals surface area contributed by atoms with Crippen molar-refractivity contribution in [1.82, 2.24) is 0 Å². The third kappa shape index (κ3) is 2.27. The smallest absolute Gasteiger partial charge is 0.201 e. The fraction of sp³-hybridized carbons (Fsp3) is 0.909. The minimum absolute atomic E-state index is 0. The molecule has 2 saturated carbocycles. The van der Waals surface area contributed by atoms with Gasteiger partial charge in [0.1, 0.15) is 5.78 Å². The molecule has 89 valence electrons. The second kappa shape index (κ2) is 4.93. The van der Waals surface area contributed by atoms with Crippen molar-refractivity contribution in [1.29, 1.82) is 0 Å². The van der Waals surface area contributed by atoms with E-state index in [1.807, 2.05) is 6.92 Å². The molecule has 0 bridgehead atoms. The maximum Gasteiger partial charge on any atom is 0.201 e. The molecule has 0 spiro atoms. The number of Topliss-reactive ketones (excluding diaryl/α,β-unsaturated/α-hetero) is 1. The Labute approximate surface area is 132 Å². The van der Waals surface area contributed by atoms with Crippen LogP contribution in [0.5, 0.6) is 0 Å². The van der Waals surface area contributed by atoms with Gasteiger partial charge in [-0.2, -0.15) is 0 Å². The number of hydrogen-bond acceptors (Lipinski definition) is 4.